The Labute approximate surface area is 207 Å². The summed E-state index contributed by atoms with van der Waals surface area (Å²) >= 11 is 7.60. The lowest BCUT2D eigenvalue weighted by Gasteiger charge is -2.31. The number of benzene rings is 3. The van der Waals surface area contributed by atoms with Crippen molar-refractivity contribution in [2.45, 2.75) is 23.9 Å². The summed E-state index contributed by atoms with van der Waals surface area (Å²) in [4.78, 5) is 11.4. The van der Waals surface area contributed by atoms with Gasteiger partial charge in [-0.05, 0) is 66.6 Å². The molecular formula is C27H24ClFN4S. The fraction of sp³-hybridized carbons (Fsp3) is 0.259. The summed E-state index contributed by atoms with van der Waals surface area (Å²) in [6.45, 7) is 9.34. The smallest absolute Gasteiger partial charge is 0.187 e. The van der Waals surface area contributed by atoms with Crippen LogP contribution < -0.4 is 5.32 Å². The molecule has 4 nitrogen and oxygen atoms in total. The minimum absolute atomic E-state index is 0.0881. The van der Waals surface area contributed by atoms with E-state index in [1.165, 1.54) is 11.6 Å². The largest absolute Gasteiger partial charge is 0.333 e. The fourth-order valence-corrected chi connectivity index (χ4v) is 5.95. The monoisotopic (exact) mass is 490 g/mol. The number of aromatic nitrogens is 2. The van der Waals surface area contributed by atoms with Gasteiger partial charge in [-0.15, -0.1) is 0 Å². The van der Waals surface area contributed by atoms with E-state index in [9.17, 15) is 4.39 Å². The average molecular weight is 491 g/mol. The Morgan fingerprint density at radius 2 is 1.88 bits per heavy atom. The predicted molar refractivity (Wildman–Crippen MR) is 138 cm³/mol. The molecular weight excluding hydrogens is 467 g/mol. The number of nitrogens with one attached hydrogen (secondary N) is 2. The van der Waals surface area contributed by atoms with Crippen LogP contribution in [0.3, 0.4) is 0 Å². The molecule has 1 saturated heterocycles. The van der Waals surface area contributed by atoms with Gasteiger partial charge in [0.1, 0.15) is 5.82 Å². The van der Waals surface area contributed by atoms with Gasteiger partial charge in [0, 0.05) is 11.8 Å². The van der Waals surface area contributed by atoms with Crippen molar-refractivity contribution >= 4 is 40.1 Å². The van der Waals surface area contributed by atoms with Gasteiger partial charge < -0.3 is 10.3 Å². The Morgan fingerprint density at radius 3 is 2.65 bits per heavy atom. The van der Waals surface area contributed by atoms with Crippen molar-refractivity contribution in [3.8, 4) is 11.1 Å². The van der Waals surface area contributed by atoms with E-state index in [0.717, 1.165) is 48.0 Å². The number of aromatic amines is 1. The van der Waals surface area contributed by atoms with E-state index in [0.29, 0.717) is 28.6 Å². The highest BCUT2D eigenvalue weighted by molar-refractivity contribution is 7.99. The summed E-state index contributed by atoms with van der Waals surface area (Å²) in [5.74, 6) is 1.40. The molecule has 172 valence electrons. The second-order valence-electron chi connectivity index (χ2n) is 8.61. The van der Waals surface area contributed by atoms with E-state index < -0.39 is 5.82 Å². The molecule has 1 aliphatic heterocycles. The van der Waals surface area contributed by atoms with Crippen LogP contribution in [0.5, 0.6) is 0 Å². The summed E-state index contributed by atoms with van der Waals surface area (Å²) in [6.07, 6.45) is 2.28. The highest BCUT2D eigenvalue weighted by Gasteiger charge is 2.26. The highest BCUT2D eigenvalue weighted by atomic mass is 35.5. The van der Waals surface area contributed by atoms with Crippen molar-refractivity contribution in [3.05, 3.63) is 88.5 Å². The van der Waals surface area contributed by atoms with E-state index in [4.69, 9.17) is 18.2 Å². The highest BCUT2D eigenvalue weighted by Crippen LogP contribution is 2.37. The summed E-state index contributed by atoms with van der Waals surface area (Å²) in [7, 11) is 0. The number of fused-ring (bicyclic) bond motifs is 1. The SMILES string of the molecule is [C-]#[N+]c1cccc(-c2ccc(C(CSc3nc4cc(Cl)c(F)cc4[nH]3)C3CCNCC3)cc2)c1. The number of halogens is 2. The summed E-state index contributed by atoms with van der Waals surface area (Å²) < 4.78 is 13.8. The third kappa shape index (κ3) is 4.97. The molecule has 1 unspecified atom stereocenters. The lowest BCUT2D eigenvalue weighted by molar-refractivity contribution is 0.333. The molecule has 3 aromatic carbocycles. The summed E-state index contributed by atoms with van der Waals surface area (Å²) in [5, 5.41) is 4.34. The minimum Gasteiger partial charge on any atom is -0.333 e. The molecule has 7 heteroatoms. The van der Waals surface area contributed by atoms with Crippen LogP contribution in [-0.2, 0) is 0 Å². The Bertz CT molecular complexity index is 1300. The first-order valence-corrected chi connectivity index (χ1v) is 12.7. The Hall–Kier alpha value is -2.85. The molecule has 0 spiro atoms. The van der Waals surface area contributed by atoms with Crippen LogP contribution in [0.15, 0.2) is 65.8 Å². The molecule has 1 aromatic heterocycles. The molecule has 2 heterocycles. The van der Waals surface area contributed by atoms with Crippen molar-refractivity contribution in [2.24, 2.45) is 5.92 Å². The van der Waals surface area contributed by atoms with E-state index in [1.807, 2.05) is 24.3 Å². The minimum atomic E-state index is -0.441. The predicted octanol–water partition coefficient (Wildman–Crippen LogP) is 7.45. The van der Waals surface area contributed by atoms with Gasteiger partial charge in [-0.3, -0.25) is 0 Å². The third-order valence-electron chi connectivity index (χ3n) is 6.50. The van der Waals surface area contributed by atoms with Crippen LogP contribution in [0.25, 0.3) is 27.0 Å². The van der Waals surface area contributed by atoms with E-state index in [-0.39, 0.29) is 5.02 Å². The van der Waals surface area contributed by atoms with E-state index in [2.05, 4.69) is 44.4 Å². The molecule has 34 heavy (non-hydrogen) atoms. The van der Waals surface area contributed by atoms with Crippen LogP contribution in [0.1, 0.15) is 24.3 Å². The number of rotatable bonds is 6. The Morgan fingerprint density at radius 1 is 1.09 bits per heavy atom. The topological polar surface area (TPSA) is 45.1 Å². The third-order valence-corrected chi connectivity index (χ3v) is 7.78. The first-order valence-electron chi connectivity index (χ1n) is 11.4. The van der Waals surface area contributed by atoms with Crippen LogP contribution >= 0.6 is 23.4 Å². The Balaban J connectivity index is 1.38. The lowest BCUT2D eigenvalue weighted by Crippen LogP contribution is -2.31. The molecule has 0 bridgehead atoms. The number of hydrogen-bond donors (Lipinski definition) is 2. The zero-order chi connectivity index (χ0) is 23.5. The quantitative estimate of drug-likeness (QED) is 0.218. The number of imidazole rings is 1. The number of hydrogen-bond acceptors (Lipinski definition) is 3. The van der Waals surface area contributed by atoms with Crippen molar-refractivity contribution in [1.29, 1.82) is 0 Å². The molecule has 1 fully saturated rings. The number of nitrogens with zero attached hydrogens (tertiary/aromatic N) is 2. The van der Waals surface area contributed by atoms with Gasteiger partial charge in [-0.1, -0.05) is 65.8 Å². The first-order chi connectivity index (χ1) is 16.6. The van der Waals surface area contributed by atoms with Gasteiger partial charge in [-0.2, -0.15) is 0 Å². The number of piperidine rings is 1. The molecule has 4 aromatic rings. The van der Waals surface area contributed by atoms with Gasteiger partial charge >= 0.3 is 0 Å². The zero-order valence-corrected chi connectivity index (χ0v) is 20.1. The van der Waals surface area contributed by atoms with Crippen molar-refractivity contribution in [2.75, 3.05) is 18.8 Å². The maximum atomic E-state index is 13.8. The maximum absolute atomic E-state index is 13.8. The van der Waals surface area contributed by atoms with Gasteiger partial charge in [0.05, 0.1) is 22.6 Å². The normalized spacial score (nSPS) is 15.3. The zero-order valence-electron chi connectivity index (χ0n) is 18.5. The van der Waals surface area contributed by atoms with Crippen molar-refractivity contribution in [1.82, 2.24) is 15.3 Å². The van der Waals surface area contributed by atoms with Gasteiger partial charge in [-0.25, -0.2) is 14.2 Å². The molecule has 0 aliphatic carbocycles. The fourth-order valence-electron chi connectivity index (χ4n) is 4.65. The molecule has 1 atom stereocenters. The van der Waals surface area contributed by atoms with Gasteiger partial charge in [0.2, 0.25) is 0 Å². The standard InChI is InChI=1S/C27H24ClFN4S/c1-30-21-4-2-3-20(13-21)17-5-7-18(8-6-17)22(19-9-11-31-12-10-19)16-34-27-32-25-14-23(28)24(29)15-26(25)33-27/h2-8,13-15,19,22,31H,9-12,16H2,(H,32,33). The van der Waals surface area contributed by atoms with Crippen molar-refractivity contribution in [3.63, 3.8) is 0 Å². The van der Waals surface area contributed by atoms with Crippen LogP contribution in [0.2, 0.25) is 5.02 Å². The molecule has 1 aliphatic rings. The molecule has 0 radical (unpaired) electrons. The molecule has 0 saturated carbocycles. The summed E-state index contributed by atoms with van der Waals surface area (Å²) in [5.41, 5.74) is 5.47. The van der Waals surface area contributed by atoms with Crippen LogP contribution in [-0.4, -0.2) is 28.8 Å². The van der Waals surface area contributed by atoms with Crippen molar-refractivity contribution < 1.29 is 4.39 Å². The second kappa shape index (κ2) is 10.2. The molecule has 2 N–H and O–H groups in total. The first kappa shape index (κ1) is 22.9. The molecule has 5 rings (SSSR count). The second-order valence-corrected chi connectivity index (χ2v) is 10.0. The maximum Gasteiger partial charge on any atom is 0.187 e. The van der Waals surface area contributed by atoms with E-state index >= 15 is 0 Å². The van der Waals surface area contributed by atoms with Gasteiger partial charge in [0.25, 0.3) is 0 Å². The average Bonchev–Trinajstić information content (AvgIpc) is 3.27. The Kier molecular flexibility index (Phi) is 6.87. The summed E-state index contributed by atoms with van der Waals surface area (Å²) in [6, 6.07) is 19.5. The van der Waals surface area contributed by atoms with E-state index in [1.54, 1.807) is 17.8 Å². The lowest BCUT2D eigenvalue weighted by atomic mass is 9.81. The van der Waals surface area contributed by atoms with Crippen LogP contribution in [0, 0.1) is 18.3 Å². The molecule has 0 amide bonds. The number of thioether (sulfide) groups is 1. The van der Waals surface area contributed by atoms with Gasteiger partial charge in [0.15, 0.2) is 10.8 Å². The number of H-pyrrole nitrogens is 1. The van der Waals surface area contributed by atoms with Crippen LogP contribution in [0.4, 0.5) is 10.1 Å².